The molecule has 0 N–H and O–H groups in total. The molecule has 2 aromatic rings. The summed E-state index contributed by atoms with van der Waals surface area (Å²) in [5.74, 6) is -1.90. The van der Waals surface area contributed by atoms with Gasteiger partial charge >= 0.3 is 206 Å². The quantitative estimate of drug-likeness (QED) is 0.142. The Morgan fingerprint density at radius 2 is 0.789 bits per heavy atom. The van der Waals surface area contributed by atoms with Crippen molar-refractivity contribution in [2.75, 3.05) is 14.2 Å². The fourth-order valence-corrected chi connectivity index (χ4v) is 9.64. The average Bonchev–Trinajstić information content (AvgIpc) is 2.62. The van der Waals surface area contributed by atoms with Gasteiger partial charge in [0.15, 0.2) is 0 Å². The fourth-order valence-electron chi connectivity index (χ4n) is 2.80. The van der Waals surface area contributed by atoms with Gasteiger partial charge in [0.25, 0.3) is 0 Å². The topological polar surface area (TPSA) is 247 Å². The predicted molar refractivity (Wildman–Crippen MR) is 122 cm³/mol. The van der Waals surface area contributed by atoms with Crippen LogP contribution in [0.2, 0.25) is 0 Å². The molecule has 38 heavy (non-hydrogen) atoms. The number of benzene rings is 2. The molecule has 0 aliphatic heterocycles. The summed E-state index contributed by atoms with van der Waals surface area (Å²) in [7, 11) is -20.5. The smallest absolute Gasteiger partial charge is 0.744 e. The molecule has 0 saturated heterocycles. The van der Waals surface area contributed by atoms with E-state index in [1.807, 2.05) is 0 Å². The molecule has 2 aromatic carbocycles. The second-order valence-electron chi connectivity index (χ2n) is 6.01. The first-order valence-electron chi connectivity index (χ1n) is 7.82. The minimum Gasteiger partial charge on any atom is -0.744 e. The molecule has 0 aromatic heterocycles. The maximum atomic E-state index is 11.9. The summed E-state index contributed by atoms with van der Waals surface area (Å²) in [6, 6.07) is 0.898. The summed E-state index contributed by atoms with van der Waals surface area (Å²) in [5, 5.41) is 0. The Kier molecular flexibility index (Phi) is 23.1. The van der Waals surface area contributed by atoms with E-state index >= 15 is 0 Å². The first kappa shape index (κ1) is 48.1. The molecule has 190 valence electrons. The van der Waals surface area contributed by atoms with Crippen LogP contribution in [0.3, 0.4) is 0 Å². The van der Waals surface area contributed by atoms with Gasteiger partial charge in [-0.25, -0.2) is 33.7 Å². The van der Waals surface area contributed by atoms with E-state index in [-0.39, 0.29) is 206 Å². The molecule has 0 heterocycles. The Morgan fingerprint density at radius 3 is 0.947 bits per heavy atom. The van der Waals surface area contributed by atoms with E-state index in [0.29, 0.717) is 12.1 Å². The van der Waals surface area contributed by atoms with Crippen molar-refractivity contribution >= 4 is 85.7 Å². The van der Waals surface area contributed by atoms with Crippen LogP contribution in [0.5, 0.6) is 11.5 Å². The summed E-state index contributed by atoms with van der Waals surface area (Å²) in [5.41, 5.74) is -1.70. The van der Waals surface area contributed by atoms with Crippen molar-refractivity contribution in [2.24, 2.45) is 0 Å². The molecule has 0 amide bonds. The molecule has 0 saturated carbocycles. The van der Waals surface area contributed by atoms with Crippen LogP contribution in [0.1, 0.15) is 0 Å². The van der Waals surface area contributed by atoms with Gasteiger partial charge in [-0.1, -0.05) is 0 Å². The summed E-state index contributed by atoms with van der Waals surface area (Å²) >= 11 is 2.15. The zero-order chi connectivity index (χ0) is 26.6. The first-order chi connectivity index (χ1) is 15.2. The minimum atomic E-state index is -5.58. The molecule has 0 atom stereocenters. The van der Waals surface area contributed by atoms with Crippen molar-refractivity contribution in [1.82, 2.24) is 0 Å². The SMILES string of the molecule is COc1c(-c2cc(S(=O)(=O)[O-])c(I)c(S(=O)(=O)[O-])c2OC)cc(S(=O)(=O)[O-])c(I)c1S(=O)(=O)[O-].[K+].[K+].[K+].[K+]. The van der Waals surface area contributed by atoms with E-state index in [4.69, 9.17) is 9.47 Å². The van der Waals surface area contributed by atoms with Gasteiger partial charge in [0.05, 0.1) is 31.2 Å². The normalized spacial score (nSPS) is 11.7. The Hall–Kier alpha value is 5.69. The summed E-state index contributed by atoms with van der Waals surface area (Å²) in [4.78, 5) is -5.28. The van der Waals surface area contributed by atoms with Gasteiger partial charge in [0.1, 0.15) is 61.8 Å². The van der Waals surface area contributed by atoms with E-state index in [9.17, 15) is 51.9 Å². The van der Waals surface area contributed by atoms with E-state index in [2.05, 4.69) is 0 Å². The number of hydrogen-bond donors (Lipinski definition) is 0. The number of rotatable bonds is 7. The molecular weight excluding hydrogens is 931 g/mol. The number of halogens is 2. The standard InChI is InChI=1S/C14H12I2O14S4.4K/c1-29-11-5(3-7(31(17,18)19)9(15)13(11)33(23,24)25)6-4-8(32(20,21)22)10(16)14(12(6)30-2)34(26,27)28;;;;/h3-4H,1-2H3,(H,17,18,19)(H,20,21,22)(H,23,24,25)(H,26,27,28);;;;/q;4*+1/p-4. The van der Waals surface area contributed by atoms with E-state index in [0.717, 1.165) is 59.4 Å². The Balaban J connectivity index is -0.00000306. The minimum absolute atomic E-state index is 0. The first-order valence-corrected chi connectivity index (χ1v) is 15.6. The third-order valence-electron chi connectivity index (χ3n) is 4.02. The molecule has 0 aliphatic rings. The zero-order valence-electron chi connectivity index (χ0n) is 20.3. The van der Waals surface area contributed by atoms with Gasteiger partial charge in [-0.05, 0) is 57.3 Å². The van der Waals surface area contributed by atoms with Gasteiger partial charge < -0.3 is 27.7 Å². The van der Waals surface area contributed by atoms with Gasteiger partial charge in [0, 0.05) is 11.1 Å². The molecule has 0 radical (unpaired) electrons. The second kappa shape index (κ2) is 18.3. The van der Waals surface area contributed by atoms with Crippen molar-refractivity contribution in [3.8, 4) is 22.6 Å². The van der Waals surface area contributed by atoms with Gasteiger partial charge in [0.2, 0.25) is 0 Å². The van der Waals surface area contributed by atoms with Crippen molar-refractivity contribution in [3.63, 3.8) is 0 Å². The monoisotopic (exact) mass is 938 g/mol. The van der Waals surface area contributed by atoms with Crippen LogP contribution in [-0.4, -0.2) is 66.1 Å². The van der Waals surface area contributed by atoms with Gasteiger partial charge in [-0.3, -0.25) is 0 Å². The Labute approximate surface area is 416 Å². The van der Waals surface area contributed by atoms with Crippen LogP contribution in [0.4, 0.5) is 0 Å². The Morgan fingerprint density at radius 1 is 0.553 bits per heavy atom. The second-order valence-corrected chi connectivity index (χ2v) is 13.5. The van der Waals surface area contributed by atoms with Crippen LogP contribution in [0.25, 0.3) is 11.1 Å². The van der Waals surface area contributed by atoms with Crippen LogP contribution < -0.4 is 215 Å². The van der Waals surface area contributed by atoms with Crippen molar-refractivity contribution in [3.05, 3.63) is 19.3 Å². The summed E-state index contributed by atoms with van der Waals surface area (Å²) in [6.07, 6.45) is 0. The van der Waals surface area contributed by atoms with E-state index in [1.165, 1.54) is 0 Å². The summed E-state index contributed by atoms with van der Waals surface area (Å²) in [6.45, 7) is 0. The van der Waals surface area contributed by atoms with Crippen molar-refractivity contribution < 1.29 is 267 Å². The molecule has 24 heteroatoms. The number of methoxy groups -OCH3 is 2. The number of ether oxygens (including phenoxy) is 2. The van der Waals surface area contributed by atoms with Gasteiger partial charge in [-0.15, -0.1) is 0 Å². The molecule has 0 aliphatic carbocycles. The van der Waals surface area contributed by atoms with Crippen molar-refractivity contribution in [2.45, 2.75) is 19.6 Å². The predicted octanol–water partition coefficient (Wildman–Crippen LogP) is -11.8. The Bertz CT molecular complexity index is 1520. The number of hydrogen-bond acceptors (Lipinski definition) is 14. The fraction of sp³-hybridized carbons (Fsp3) is 0.143. The van der Waals surface area contributed by atoms with E-state index < -0.39 is 89.8 Å². The maximum absolute atomic E-state index is 11.9. The zero-order valence-corrected chi connectivity index (χ0v) is 40.3. The molecule has 14 nitrogen and oxygen atoms in total. The maximum Gasteiger partial charge on any atom is 1.00 e. The van der Waals surface area contributed by atoms with Crippen LogP contribution in [-0.2, 0) is 40.5 Å². The van der Waals surface area contributed by atoms with Crippen molar-refractivity contribution in [1.29, 1.82) is 0 Å². The average molecular weight is 939 g/mol. The molecule has 0 unspecified atom stereocenters. The van der Waals surface area contributed by atoms with Crippen LogP contribution >= 0.6 is 45.2 Å². The van der Waals surface area contributed by atoms with E-state index in [1.54, 1.807) is 0 Å². The molecule has 0 fully saturated rings. The summed E-state index contributed by atoms with van der Waals surface area (Å²) < 4.78 is 150. The molecule has 0 spiro atoms. The molecule has 2 rings (SSSR count). The third-order valence-corrected chi connectivity index (χ3v) is 11.2. The molecule has 0 bridgehead atoms. The largest absolute Gasteiger partial charge is 1.00 e. The van der Waals surface area contributed by atoms with Crippen LogP contribution in [0.15, 0.2) is 31.7 Å². The molecular formula is C14H8I2K4O14S4. The van der Waals surface area contributed by atoms with Gasteiger partial charge in [-0.2, -0.15) is 0 Å². The van der Waals surface area contributed by atoms with Crippen LogP contribution in [0, 0.1) is 7.14 Å². The third kappa shape index (κ3) is 11.4.